The number of hydrogen-bond donors (Lipinski definition) is 6. The molecular formula is C22H23ClN2O8. The Morgan fingerprint density at radius 1 is 1.15 bits per heavy atom. The van der Waals surface area contributed by atoms with Crippen LogP contribution in [0.4, 0.5) is 0 Å². The Balaban J connectivity index is 2.05. The number of phenolic OH excluding ortho intramolecular Hbond substituents is 1. The number of phenols is 1. The minimum Gasteiger partial charge on any atom is -0.507 e. The molecule has 2 fully saturated rings. The third-order valence-electron chi connectivity index (χ3n) is 7.06. The quantitative estimate of drug-likeness (QED) is 0.142. The summed E-state index contributed by atoms with van der Waals surface area (Å²) < 4.78 is 0. The van der Waals surface area contributed by atoms with E-state index >= 15 is 0 Å². The normalized spacial score (nSPS) is 35.4. The number of likely N-dealkylation sites (N-methyl/N-ethyl adjacent to an activating group) is 1. The van der Waals surface area contributed by atoms with Crippen LogP contribution < -0.4 is 5.73 Å². The van der Waals surface area contributed by atoms with Gasteiger partial charge in [0.2, 0.25) is 11.6 Å². The summed E-state index contributed by atoms with van der Waals surface area (Å²) in [5.74, 6) is -8.40. The Bertz CT molecular complexity index is 1200. The van der Waals surface area contributed by atoms with Crippen LogP contribution >= 0.6 is 11.6 Å². The van der Waals surface area contributed by atoms with E-state index in [-0.39, 0.29) is 22.6 Å². The number of rotatable bonds is 1. The third-order valence-corrected chi connectivity index (χ3v) is 7.37. The van der Waals surface area contributed by atoms with Gasteiger partial charge in [0.15, 0.2) is 17.3 Å². The molecule has 0 aliphatic heterocycles. The average molecular weight is 479 g/mol. The van der Waals surface area contributed by atoms with Crippen LogP contribution in [0.3, 0.4) is 0 Å². The number of ketones is 3. The number of aliphatic hydroxyl groups excluding tert-OH is 2. The lowest BCUT2D eigenvalue weighted by molar-refractivity contribution is -0.169. The second kappa shape index (κ2) is 7.04. The largest absolute Gasteiger partial charge is 0.507 e. The van der Waals surface area contributed by atoms with Crippen molar-refractivity contribution in [1.82, 2.24) is 4.90 Å². The van der Waals surface area contributed by atoms with E-state index in [1.54, 1.807) is 0 Å². The molecule has 5 atom stereocenters. The number of halogens is 1. The molecule has 0 spiro atoms. The van der Waals surface area contributed by atoms with Gasteiger partial charge in [-0.2, -0.15) is 0 Å². The highest BCUT2D eigenvalue weighted by Crippen LogP contribution is 2.57. The van der Waals surface area contributed by atoms with E-state index in [4.69, 9.17) is 17.3 Å². The molecule has 5 unspecified atom stereocenters. The molecule has 176 valence electrons. The van der Waals surface area contributed by atoms with Crippen LogP contribution in [0.1, 0.15) is 24.5 Å². The van der Waals surface area contributed by atoms with Gasteiger partial charge in [-0.25, -0.2) is 0 Å². The van der Waals surface area contributed by atoms with Gasteiger partial charge in [-0.05, 0) is 39.6 Å². The minimum atomic E-state index is -2.85. The van der Waals surface area contributed by atoms with Crippen LogP contribution in [0.25, 0.3) is 5.76 Å². The van der Waals surface area contributed by atoms with E-state index in [1.165, 1.54) is 38.1 Å². The number of hydrogen-bond acceptors (Lipinski definition) is 10. The van der Waals surface area contributed by atoms with Gasteiger partial charge in [0.1, 0.15) is 17.1 Å². The van der Waals surface area contributed by atoms with Gasteiger partial charge in [0.25, 0.3) is 0 Å². The second-order valence-electron chi connectivity index (χ2n) is 9.08. The van der Waals surface area contributed by atoms with Crippen molar-refractivity contribution in [3.05, 3.63) is 45.3 Å². The fraction of sp³-hybridized carbons (Fsp3) is 0.409. The lowest BCUT2D eigenvalue weighted by Gasteiger charge is -2.53. The van der Waals surface area contributed by atoms with E-state index in [1.807, 2.05) is 0 Å². The number of benzene rings is 1. The third kappa shape index (κ3) is 2.75. The maximum absolute atomic E-state index is 13.7. The first-order valence-electron chi connectivity index (χ1n) is 10.1. The van der Waals surface area contributed by atoms with E-state index in [0.717, 1.165) is 0 Å². The van der Waals surface area contributed by atoms with E-state index in [0.29, 0.717) is 0 Å². The number of fused-ring (bicyclic) bond motifs is 3. The fourth-order valence-electron chi connectivity index (χ4n) is 5.57. The first-order chi connectivity index (χ1) is 15.2. The number of nitrogens with zero attached hydrogens (tertiary/aromatic N) is 1. The SMILES string of the molecule is CN(C)C1C(=O)C(=C(N)O)C(=O)C2(O)C(=O)C3=C(O)c4c(O)ccc(Cl)c4C(C)(O)C3CC12. The van der Waals surface area contributed by atoms with Crippen LogP contribution in [0.2, 0.25) is 5.02 Å². The summed E-state index contributed by atoms with van der Waals surface area (Å²) in [7, 11) is 2.97. The number of carbonyl (C=O) groups excluding carboxylic acids is 3. The van der Waals surface area contributed by atoms with Gasteiger partial charge in [-0.3, -0.25) is 19.3 Å². The van der Waals surface area contributed by atoms with Crippen molar-refractivity contribution in [1.29, 1.82) is 0 Å². The minimum absolute atomic E-state index is 0.0184. The summed E-state index contributed by atoms with van der Waals surface area (Å²) in [6.45, 7) is 1.33. The van der Waals surface area contributed by atoms with Gasteiger partial charge in [0.05, 0.1) is 17.2 Å². The molecule has 1 aromatic rings. The molecule has 0 saturated heterocycles. The number of carbonyl (C=O) groups is 3. The van der Waals surface area contributed by atoms with Gasteiger partial charge in [0, 0.05) is 28.0 Å². The van der Waals surface area contributed by atoms with Crippen molar-refractivity contribution in [2.24, 2.45) is 17.6 Å². The Kier molecular flexibility index (Phi) is 4.96. The molecule has 7 N–H and O–H groups in total. The summed E-state index contributed by atoms with van der Waals surface area (Å²) >= 11 is 6.27. The highest BCUT2D eigenvalue weighted by molar-refractivity contribution is 6.36. The maximum atomic E-state index is 13.7. The number of nitrogens with two attached hydrogens (primary N) is 1. The maximum Gasteiger partial charge on any atom is 0.211 e. The molecular weight excluding hydrogens is 456 g/mol. The molecule has 11 heteroatoms. The molecule has 4 rings (SSSR count). The van der Waals surface area contributed by atoms with E-state index < -0.39 is 75.0 Å². The van der Waals surface area contributed by atoms with Crippen LogP contribution in [0.5, 0.6) is 5.75 Å². The average Bonchev–Trinajstić information content (AvgIpc) is 2.69. The zero-order valence-corrected chi connectivity index (χ0v) is 18.7. The van der Waals surface area contributed by atoms with Crippen LogP contribution in [0.15, 0.2) is 29.2 Å². The lowest BCUT2D eigenvalue weighted by Crippen LogP contribution is -2.70. The summed E-state index contributed by atoms with van der Waals surface area (Å²) in [4.78, 5) is 41.3. The summed E-state index contributed by atoms with van der Waals surface area (Å²) in [6.07, 6.45) is -0.279. The first kappa shape index (κ1) is 23.2. The lowest BCUT2D eigenvalue weighted by atomic mass is 9.53. The zero-order chi connectivity index (χ0) is 24.8. The van der Waals surface area contributed by atoms with Crippen molar-refractivity contribution in [2.75, 3.05) is 14.1 Å². The zero-order valence-electron chi connectivity index (χ0n) is 18.0. The van der Waals surface area contributed by atoms with Crippen molar-refractivity contribution < 1.29 is 39.9 Å². The molecule has 33 heavy (non-hydrogen) atoms. The molecule has 3 aliphatic rings. The van der Waals surface area contributed by atoms with Gasteiger partial charge in [-0.1, -0.05) is 11.6 Å². The molecule has 3 aliphatic carbocycles. The Morgan fingerprint density at radius 3 is 2.30 bits per heavy atom. The molecule has 0 aromatic heterocycles. The van der Waals surface area contributed by atoms with Gasteiger partial charge >= 0.3 is 0 Å². The van der Waals surface area contributed by atoms with Crippen molar-refractivity contribution in [2.45, 2.75) is 30.6 Å². The standard InChI is InChI=1S/C22H23ClN2O8/c1-21(32)7-6-8-15(25(2)3)17(28)13(20(24)31)19(30)22(8,33)18(29)11(7)16(27)12-10(26)5-4-9(23)14(12)21/h4-5,7-8,15,26-27,31-33H,6,24H2,1-3H3. The fourth-order valence-corrected chi connectivity index (χ4v) is 5.91. The molecule has 2 saturated carbocycles. The molecule has 0 bridgehead atoms. The number of aliphatic hydroxyl groups is 4. The van der Waals surface area contributed by atoms with Crippen LogP contribution in [-0.4, -0.2) is 73.5 Å². The van der Waals surface area contributed by atoms with Crippen molar-refractivity contribution in [3.63, 3.8) is 0 Å². The molecule has 0 heterocycles. The highest BCUT2D eigenvalue weighted by atomic mass is 35.5. The Morgan fingerprint density at radius 2 is 1.76 bits per heavy atom. The predicted octanol–water partition coefficient (Wildman–Crippen LogP) is 0.282. The first-order valence-corrected chi connectivity index (χ1v) is 10.5. The van der Waals surface area contributed by atoms with Gasteiger partial charge < -0.3 is 31.3 Å². The summed E-state index contributed by atoms with van der Waals surface area (Å²) in [5.41, 5.74) is -1.15. The second-order valence-corrected chi connectivity index (χ2v) is 9.49. The topological polar surface area (TPSA) is 182 Å². The van der Waals surface area contributed by atoms with E-state index in [2.05, 4.69) is 0 Å². The van der Waals surface area contributed by atoms with Crippen molar-refractivity contribution in [3.8, 4) is 5.75 Å². The number of Topliss-reactive ketones (excluding diaryl/α,β-unsaturated/α-hetero) is 3. The molecule has 1 aromatic carbocycles. The predicted molar refractivity (Wildman–Crippen MR) is 115 cm³/mol. The smallest absolute Gasteiger partial charge is 0.211 e. The monoisotopic (exact) mass is 478 g/mol. The number of aromatic hydroxyl groups is 1. The van der Waals surface area contributed by atoms with Crippen molar-refractivity contribution >= 4 is 34.7 Å². The Labute approximate surface area is 193 Å². The molecule has 10 nitrogen and oxygen atoms in total. The molecule has 0 amide bonds. The summed E-state index contributed by atoms with van der Waals surface area (Å²) in [5, 5.41) is 54.2. The van der Waals surface area contributed by atoms with Gasteiger partial charge in [-0.15, -0.1) is 0 Å². The van der Waals surface area contributed by atoms with Crippen LogP contribution in [-0.2, 0) is 20.0 Å². The van der Waals surface area contributed by atoms with Crippen LogP contribution in [0, 0.1) is 11.8 Å². The summed E-state index contributed by atoms with van der Waals surface area (Å²) in [6, 6.07) is 1.23. The molecule has 0 radical (unpaired) electrons. The Hall–Kier alpha value is -2.92. The van der Waals surface area contributed by atoms with E-state index in [9.17, 15) is 39.9 Å². The highest BCUT2D eigenvalue weighted by Gasteiger charge is 2.68.